The normalized spacial score (nSPS) is 11.7. The van der Waals surface area contributed by atoms with Crippen molar-refractivity contribution in [2.24, 2.45) is 10.8 Å². The Morgan fingerprint density at radius 3 is 1.19 bits per heavy atom. The number of esters is 2. The lowest BCUT2D eigenvalue weighted by molar-refractivity contribution is -0.169. The molecule has 0 unspecified atom stereocenters. The van der Waals surface area contributed by atoms with Gasteiger partial charge in [0, 0.05) is 0 Å². The van der Waals surface area contributed by atoms with Crippen LogP contribution in [0.1, 0.15) is 11.1 Å². The van der Waals surface area contributed by atoms with E-state index in [1.165, 1.54) is 12.2 Å². The van der Waals surface area contributed by atoms with Gasteiger partial charge in [0.25, 0.3) is 0 Å². The van der Waals surface area contributed by atoms with Gasteiger partial charge in [-0.2, -0.15) is 0 Å². The van der Waals surface area contributed by atoms with Crippen LogP contribution in [0.25, 0.3) is 12.2 Å². The fourth-order valence-corrected chi connectivity index (χ4v) is 2.40. The molecule has 0 aliphatic rings. The van der Waals surface area contributed by atoms with Gasteiger partial charge in [-0.15, -0.1) is 0 Å². The highest BCUT2D eigenvalue weighted by atomic mass is 16.6. The molecule has 0 spiro atoms. The molecule has 0 saturated carbocycles. The number of ether oxygens (including phenoxy) is 1. The molecular weight excluding hydrogens is 400 g/mol. The molecule has 0 atom stereocenters. The van der Waals surface area contributed by atoms with Gasteiger partial charge < -0.3 is 23.9 Å². The lowest BCUT2D eigenvalue weighted by Crippen LogP contribution is -2.41. The van der Waals surface area contributed by atoms with Crippen LogP contribution in [0, 0.1) is 10.8 Å². The van der Waals surface area contributed by atoms with Crippen molar-refractivity contribution in [2.45, 2.75) is 0 Å². The highest BCUT2D eigenvalue weighted by molar-refractivity contribution is 6.18. The van der Waals surface area contributed by atoms with Crippen molar-refractivity contribution < 1.29 is 33.5 Å². The molecule has 0 amide bonds. The van der Waals surface area contributed by atoms with Crippen molar-refractivity contribution in [3.8, 4) is 0 Å². The van der Waals surface area contributed by atoms with E-state index in [0.717, 1.165) is 12.2 Å². The minimum atomic E-state index is -2.42. The standard InChI is InChI=1S/C24H18O7/c25-15-23(16-26,13-11-19-7-3-1-4-8-19)21(29)31-22(30)24(17-27,18-28)14-12-20-9-5-2-6-10-20/h1-18H. The fourth-order valence-electron chi connectivity index (χ4n) is 2.40. The molecule has 0 radical (unpaired) electrons. The molecule has 0 saturated heterocycles. The summed E-state index contributed by atoms with van der Waals surface area (Å²) in [5.74, 6) is -3.06. The molecule has 0 N–H and O–H groups in total. The molecule has 0 fully saturated rings. The summed E-state index contributed by atoms with van der Waals surface area (Å²) in [6, 6.07) is 16.9. The van der Waals surface area contributed by atoms with E-state index in [1.54, 1.807) is 60.7 Å². The van der Waals surface area contributed by atoms with Crippen LogP contribution in [-0.2, 0) is 33.5 Å². The topological polar surface area (TPSA) is 112 Å². The van der Waals surface area contributed by atoms with E-state index in [0.29, 0.717) is 11.1 Å². The summed E-state index contributed by atoms with van der Waals surface area (Å²) in [7, 11) is 0. The predicted octanol–water partition coefficient (Wildman–Crippen LogP) is 2.25. The number of hydrogen-bond acceptors (Lipinski definition) is 7. The molecule has 7 heteroatoms. The van der Waals surface area contributed by atoms with Gasteiger partial charge in [-0.3, -0.25) is 0 Å². The van der Waals surface area contributed by atoms with Crippen LogP contribution in [0.5, 0.6) is 0 Å². The predicted molar refractivity (Wildman–Crippen MR) is 111 cm³/mol. The van der Waals surface area contributed by atoms with Crippen molar-refractivity contribution in [1.82, 2.24) is 0 Å². The van der Waals surface area contributed by atoms with Gasteiger partial charge in [0.1, 0.15) is 25.1 Å². The smallest absolute Gasteiger partial charge is 0.338 e. The van der Waals surface area contributed by atoms with Crippen molar-refractivity contribution in [2.75, 3.05) is 0 Å². The Balaban J connectivity index is 2.29. The lowest BCUT2D eigenvalue weighted by Gasteiger charge is -2.19. The number of hydrogen-bond donors (Lipinski definition) is 0. The Morgan fingerprint density at radius 1 is 0.581 bits per heavy atom. The zero-order valence-electron chi connectivity index (χ0n) is 16.3. The lowest BCUT2D eigenvalue weighted by atomic mass is 9.89. The average Bonchev–Trinajstić information content (AvgIpc) is 2.82. The number of carbonyl (C=O) groups excluding carboxylic acids is 6. The van der Waals surface area contributed by atoms with Crippen LogP contribution < -0.4 is 0 Å². The summed E-state index contributed by atoms with van der Waals surface area (Å²) in [5, 5.41) is 0. The van der Waals surface area contributed by atoms with Crippen LogP contribution in [-0.4, -0.2) is 37.1 Å². The van der Waals surface area contributed by atoms with Crippen molar-refractivity contribution >= 4 is 49.2 Å². The summed E-state index contributed by atoms with van der Waals surface area (Å²) in [6.45, 7) is 0. The Kier molecular flexibility index (Phi) is 7.80. The largest absolute Gasteiger partial charge is 0.391 e. The summed E-state index contributed by atoms with van der Waals surface area (Å²) in [5.41, 5.74) is -3.69. The second-order valence-electron chi connectivity index (χ2n) is 6.50. The Labute approximate surface area is 178 Å². The molecule has 0 aliphatic carbocycles. The van der Waals surface area contributed by atoms with Gasteiger partial charge in [0.2, 0.25) is 0 Å². The SMILES string of the molecule is O=CC(C=O)(C=Cc1ccccc1)C(=O)OC(=O)C(C=O)(C=O)C=Cc1ccccc1. The van der Waals surface area contributed by atoms with Gasteiger partial charge in [-0.25, -0.2) is 9.59 Å². The molecule has 2 rings (SSSR count). The van der Waals surface area contributed by atoms with Crippen molar-refractivity contribution in [1.29, 1.82) is 0 Å². The van der Waals surface area contributed by atoms with E-state index in [4.69, 9.17) is 0 Å². The first-order valence-electron chi connectivity index (χ1n) is 9.06. The maximum Gasteiger partial charge on any atom is 0.338 e. The van der Waals surface area contributed by atoms with E-state index in [1.807, 2.05) is 0 Å². The number of aldehydes is 4. The zero-order valence-corrected chi connectivity index (χ0v) is 16.3. The molecule has 2 aromatic carbocycles. The van der Waals surface area contributed by atoms with Crippen molar-refractivity contribution in [3.05, 3.63) is 83.9 Å². The molecule has 0 heterocycles. The van der Waals surface area contributed by atoms with Gasteiger partial charge in [0.15, 0.2) is 10.8 Å². The third-order valence-electron chi connectivity index (χ3n) is 4.37. The van der Waals surface area contributed by atoms with Crippen LogP contribution in [0.2, 0.25) is 0 Å². The summed E-state index contributed by atoms with van der Waals surface area (Å²) in [4.78, 5) is 71.2. The first kappa shape index (κ1) is 23.0. The molecule has 31 heavy (non-hydrogen) atoms. The minimum Gasteiger partial charge on any atom is -0.391 e. The van der Waals surface area contributed by atoms with E-state index >= 15 is 0 Å². The molecule has 7 nitrogen and oxygen atoms in total. The van der Waals surface area contributed by atoms with Crippen molar-refractivity contribution in [3.63, 3.8) is 0 Å². The third-order valence-corrected chi connectivity index (χ3v) is 4.37. The third kappa shape index (κ3) is 5.42. The molecule has 0 aromatic heterocycles. The van der Waals surface area contributed by atoms with E-state index in [2.05, 4.69) is 4.74 Å². The Bertz CT molecular complexity index is 921. The molecule has 2 aromatic rings. The van der Waals surface area contributed by atoms with Crippen LogP contribution in [0.3, 0.4) is 0 Å². The summed E-state index contributed by atoms with van der Waals surface area (Å²) < 4.78 is 4.62. The number of carbonyl (C=O) groups is 6. The number of benzene rings is 2. The number of rotatable bonds is 10. The Hall–Kier alpha value is -4.26. The maximum atomic E-state index is 12.5. The minimum absolute atomic E-state index is 0.0123. The maximum absolute atomic E-state index is 12.5. The average molecular weight is 418 g/mol. The highest BCUT2D eigenvalue weighted by Crippen LogP contribution is 2.23. The molecule has 0 aliphatic heterocycles. The highest BCUT2D eigenvalue weighted by Gasteiger charge is 2.44. The fraction of sp³-hybridized carbons (Fsp3) is 0.0833. The first-order chi connectivity index (χ1) is 14.9. The summed E-state index contributed by atoms with van der Waals surface area (Å²) in [6.07, 6.45) is 4.66. The van der Waals surface area contributed by atoms with Crippen LogP contribution >= 0.6 is 0 Å². The van der Waals surface area contributed by atoms with Crippen LogP contribution in [0.4, 0.5) is 0 Å². The van der Waals surface area contributed by atoms with E-state index < -0.39 is 22.8 Å². The summed E-state index contributed by atoms with van der Waals surface area (Å²) >= 11 is 0. The monoisotopic (exact) mass is 418 g/mol. The van der Waals surface area contributed by atoms with Crippen LogP contribution in [0.15, 0.2) is 72.8 Å². The second kappa shape index (κ2) is 10.5. The molecule has 0 bridgehead atoms. The second-order valence-corrected chi connectivity index (χ2v) is 6.50. The van der Waals surface area contributed by atoms with Gasteiger partial charge in [-0.1, -0.05) is 85.0 Å². The Morgan fingerprint density at radius 2 is 0.903 bits per heavy atom. The molecule has 156 valence electrons. The quantitative estimate of drug-likeness (QED) is 0.330. The van der Waals surface area contributed by atoms with Gasteiger partial charge >= 0.3 is 11.9 Å². The van der Waals surface area contributed by atoms with Gasteiger partial charge in [-0.05, 0) is 11.1 Å². The van der Waals surface area contributed by atoms with Gasteiger partial charge in [0.05, 0.1) is 0 Å². The molecular formula is C24H18O7. The zero-order chi connectivity index (χ0) is 22.7. The van der Waals surface area contributed by atoms with E-state index in [9.17, 15) is 28.8 Å². The van der Waals surface area contributed by atoms with E-state index in [-0.39, 0.29) is 25.1 Å². The first-order valence-corrected chi connectivity index (χ1v) is 9.06.